The highest BCUT2D eigenvalue weighted by Crippen LogP contribution is 2.32. The number of aromatic nitrogens is 3. The third-order valence-electron chi connectivity index (χ3n) is 3.63. The molecule has 0 bridgehead atoms. The van der Waals surface area contributed by atoms with Crippen LogP contribution in [0.3, 0.4) is 0 Å². The molecule has 0 amide bonds. The lowest BCUT2D eigenvalue weighted by molar-refractivity contribution is 0.475. The first-order valence-corrected chi connectivity index (χ1v) is 7.11. The maximum absolute atomic E-state index is 13.7. The van der Waals surface area contributed by atoms with Gasteiger partial charge in [0.15, 0.2) is 0 Å². The van der Waals surface area contributed by atoms with Gasteiger partial charge in [0.1, 0.15) is 22.9 Å². The third kappa shape index (κ3) is 2.32. The van der Waals surface area contributed by atoms with Crippen LogP contribution in [-0.2, 0) is 0 Å². The van der Waals surface area contributed by atoms with Gasteiger partial charge >= 0.3 is 0 Å². The Labute approximate surface area is 131 Å². The molecular formula is C18H12FN3O. The molecule has 0 aliphatic heterocycles. The average molecular weight is 305 g/mol. The summed E-state index contributed by atoms with van der Waals surface area (Å²) in [6.07, 6.45) is 3.09. The lowest BCUT2D eigenvalue weighted by atomic mass is 10.1. The summed E-state index contributed by atoms with van der Waals surface area (Å²) in [6.45, 7) is 0. The minimum atomic E-state index is -0.345. The molecule has 0 aliphatic rings. The fraction of sp³-hybridized carbons (Fsp3) is 0. The molecule has 4 nitrogen and oxygen atoms in total. The minimum Gasteiger partial charge on any atom is -0.508 e. The predicted octanol–water partition coefficient (Wildman–Crippen LogP) is 3.91. The van der Waals surface area contributed by atoms with Crippen molar-refractivity contribution in [1.29, 1.82) is 0 Å². The SMILES string of the molecule is Oc1ccc(-c2c(-c3ccccn3)nc3ccc(F)cn23)cc1. The second-order valence-corrected chi connectivity index (χ2v) is 5.15. The summed E-state index contributed by atoms with van der Waals surface area (Å²) >= 11 is 0. The maximum Gasteiger partial charge on any atom is 0.139 e. The largest absolute Gasteiger partial charge is 0.508 e. The molecule has 4 rings (SSSR count). The number of hydrogen-bond donors (Lipinski definition) is 1. The van der Waals surface area contributed by atoms with E-state index in [9.17, 15) is 9.50 Å². The van der Waals surface area contributed by atoms with E-state index in [-0.39, 0.29) is 11.6 Å². The van der Waals surface area contributed by atoms with E-state index < -0.39 is 0 Å². The summed E-state index contributed by atoms with van der Waals surface area (Å²) in [4.78, 5) is 8.95. The van der Waals surface area contributed by atoms with Gasteiger partial charge in [-0.3, -0.25) is 9.38 Å². The summed E-state index contributed by atoms with van der Waals surface area (Å²) in [6, 6.07) is 15.3. The number of phenols is 1. The van der Waals surface area contributed by atoms with Crippen molar-refractivity contribution in [3.05, 3.63) is 72.8 Å². The number of imidazole rings is 1. The number of nitrogens with zero attached hydrogens (tertiary/aromatic N) is 3. The Hall–Kier alpha value is -3.21. The molecule has 0 saturated heterocycles. The molecule has 0 atom stereocenters. The van der Waals surface area contributed by atoms with E-state index in [1.165, 1.54) is 12.3 Å². The van der Waals surface area contributed by atoms with Crippen LogP contribution in [0.1, 0.15) is 0 Å². The van der Waals surface area contributed by atoms with Crippen molar-refractivity contribution in [3.8, 4) is 28.4 Å². The van der Waals surface area contributed by atoms with E-state index in [1.807, 2.05) is 18.2 Å². The van der Waals surface area contributed by atoms with E-state index in [1.54, 1.807) is 40.9 Å². The zero-order chi connectivity index (χ0) is 15.8. The molecule has 0 radical (unpaired) electrons. The first kappa shape index (κ1) is 13.5. The second kappa shape index (κ2) is 5.21. The summed E-state index contributed by atoms with van der Waals surface area (Å²) in [5.41, 5.74) is 3.57. The highest BCUT2D eigenvalue weighted by atomic mass is 19.1. The van der Waals surface area contributed by atoms with Crippen LogP contribution in [0.15, 0.2) is 67.0 Å². The van der Waals surface area contributed by atoms with Crippen molar-refractivity contribution < 1.29 is 9.50 Å². The smallest absolute Gasteiger partial charge is 0.139 e. The topological polar surface area (TPSA) is 50.4 Å². The van der Waals surface area contributed by atoms with E-state index in [2.05, 4.69) is 9.97 Å². The van der Waals surface area contributed by atoms with Gasteiger partial charge in [0, 0.05) is 18.0 Å². The Bertz CT molecular complexity index is 979. The van der Waals surface area contributed by atoms with Gasteiger partial charge in [0.25, 0.3) is 0 Å². The monoisotopic (exact) mass is 305 g/mol. The number of hydrogen-bond acceptors (Lipinski definition) is 3. The first-order chi connectivity index (χ1) is 11.2. The van der Waals surface area contributed by atoms with Crippen molar-refractivity contribution in [2.75, 3.05) is 0 Å². The fourth-order valence-corrected chi connectivity index (χ4v) is 2.60. The molecule has 0 saturated carbocycles. The van der Waals surface area contributed by atoms with Gasteiger partial charge in [-0.2, -0.15) is 0 Å². The van der Waals surface area contributed by atoms with Crippen LogP contribution in [0.5, 0.6) is 5.75 Å². The number of halogens is 1. The Morgan fingerprint density at radius 1 is 0.957 bits per heavy atom. The highest BCUT2D eigenvalue weighted by molar-refractivity contribution is 5.80. The quantitative estimate of drug-likeness (QED) is 0.611. The van der Waals surface area contributed by atoms with Gasteiger partial charge in [0.05, 0.1) is 11.4 Å². The van der Waals surface area contributed by atoms with Crippen molar-refractivity contribution in [3.63, 3.8) is 0 Å². The number of pyridine rings is 2. The van der Waals surface area contributed by atoms with Crippen molar-refractivity contribution in [2.24, 2.45) is 0 Å². The molecule has 1 N–H and O–H groups in total. The van der Waals surface area contributed by atoms with Gasteiger partial charge in [0.2, 0.25) is 0 Å². The van der Waals surface area contributed by atoms with Crippen LogP contribution in [0.4, 0.5) is 4.39 Å². The number of fused-ring (bicyclic) bond motifs is 1. The molecule has 0 unspecified atom stereocenters. The van der Waals surface area contributed by atoms with Crippen LogP contribution in [0.2, 0.25) is 0 Å². The fourth-order valence-electron chi connectivity index (χ4n) is 2.60. The molecule has 5 heteroatoms. The van der Waals surface area contributed by atoms with Gasteiger partial charge < -0.3 is 5.11 Å². The number of rotatable bonds is 2. The van der Waals surface area contributed by atoms with Crippen LogP contribution < -0.4 is 0 Å². The molecule has 3 aromatic heterocycles. The van der Waals surface area contributed by atoms with Crippen LogP contribution in [0.25, 0.3) is 28.3 Å². The molecule has 0 fully saturated rings. The summed E-state index contributed by atoms with van der Waals surface area (Å²) in [5.74, 6) is -0.171. The van der Waals surface area contributed by atoms with Crippen molar-refractivity contribution in [2.45, 2.75) is 0 Å². The van der Waals surface area contributed by atoms with E-state index in [4.69, 9.17) is 0 Å². The molecule has 112 valence electrons. The first-order valence-electron chi connectivity index (χ1n) is 7.11. The van der Waals surface area contributed by atoms with E-state index in [0.717, 1.165) is 11.3 Å². The number of aromatic hydroxyl groups is 1. The molecule has 23 heavy (non-hydrogen) atoms. The normalized spacial score (nSPS) is 11.0. The standard InChI is InChI=1S/C18H12FN3O/c19-13-6-9-16-21-17(15-3-1-2-10-20-15)18(22(16)11-13)12-4-7-14(23)8-5-12/h1-11,23H. The minimum absolute atomic E-state index is 0.174. The lowest BCUT2D eigenvalue weighted by Crippen LogP contribution is -1.91. The highest BCUT2D eigenvalue weighted by Gasteiger charge is 2.17. The predicted molar refractivity (Wildman–Crippen MR) is 85.5 cm³/mol. The summed E-state index contributed by atoms with van der Waals surface area (Å²) in [5, 5.41) is 9.50. The molecular weight excluding hydrogens is 293 g/mol. The molecule has 0 spiro atoms. The second-order valence-electron chi connectivity index (χ2n) is 5.15. The Morgan fingerprint density at radius 3 is 2.52 bits per heavy atom. The number of phenolic OH excluding ortho intramolecular Hbond substituents is 1. The van der Waals surface area contributed by atoms with Crippen molar-refractivity contribution >= 4 is 5.65 Å². The van der Waals surface area contributed by atoms with Gasteiger partial charge in [-0.25, -0.2) is 9.37 Å². The van der Waals surface area contributed by atoms with E-state index in [0.29, 0.717) is 17.0 Å². The zero-order valence-corrected chi connectivity index (χ0v) is 12.0. The summed E-state index contributed by atoms with van der Waals surface area (Å²) < 4.78 is 15.4. The molecule has 1 aromatic carbocycles. The third-order valence-corrected chi connectivity index (χ3v) is 3.63. The van der Waals surface area contributed by atoms with Crippen LogP contribution in [0, 0.1) is 5.82 Å². The zero-order valence-electron chi connectivity index (χ0n) is 12.0. The Kier molecular flexibility index (Phi) is 3.05. The van der Waals surface area contributed by atoms with Gasteiger partial charge in [-0.1, -0.05) is 6.07 Å². The molecule has 0 aliphatic carbocycles. The van der Waals surface area contributed by atoms with Crippen molar-refractivity contribution in [1.82, 2.24) is 14.4 Å². The van der Waals surface area contributed by atoms with Gasteiger partial charge in [-0.15, -0.1) is 0 Å². The van der Waals surface area contributed by atoms with Crippen LogP contribution >= 0.6 is 0 Å². The number of benzene rings is 1. The lowest BCUT2D eigenvalue weighted by Gasteiger charge is -2.05. The Balaban J connectivity index is 2.06. The average Bonchev–Trinajstić information content (AvgIpc) is 2.95. The van der Waals surface area contributed by atoms with Crippen LogP contribution in [-0.4, -0.2) is 19.5 Å². The molecule has 3 heterocycles. The Morgan fingerprint density at radius 2 is 1.78 bits per heavy atom. The van der Waals surface area contributed by atoms with Gasteiger partial charge in [-0.05, 0) is 48.5 Å². The maximum atomic E-state index is 13.7. The van der Waals surface area contributed by atoms with E-state index >= 15 is 0 Å². The molecule has 4 aromatic rings. The summed E-state index contributed by atoms with van der Waals surface area (Å²) in [7, 11) is 0.